The van der Waals surface area contributed by atoms with E-state index in [1.807, 2.05) is 37.3 Å². The second-order valence-corrected chi connectivity index (χ2v) is 4.90. The molecule has 1 fully saturated rings. The molecule has 20 heavy (non-hydrogen) atoms. The lowest BCUT2D eigenvalue weighted by molar-refractivity contribution is 0.0169. The average Bonchev–Trinajstić information content (AvgIpc) is 2.46. The van der Waals surface area contributed by atoms with E-state index in [1.165, 1.54) is 4.90 Å². The molecule has 0 spiro atoms. The van der Waals surface area contributed by atoms with Crippen LogP contribution in [0.15, 0.2) is 30.3 Å². The largest absolute Gasteiger partial charge is 0.394 e. The van der Waals surface area contributed by atoms with E-state index >= 15 is 0 Å². The maximum atomic E-state index is 12.1. The Kier molecular flexibility index (Phi) is 4.59. The van der Waals surface area contributed by atoms with Crippen LogP contribution in [0, 0.1) is 11.3 Å². The van der Waals surface area contributed by atoms with Crippen LogP contribution in [0.2, 0.25) is 0 Å². The van der Waals surface area contributed by atoms with Crippen molar-refractivity contribution in [1.82, 2.24) is 10.2 Å². The molecule has 0 radical (unpaired) electrons. The molecule has 0 unspecified atom stereocenters. The Balaban J connectivity index is 2.17. The predicted molar refractivity (Wildman–Crippen MR) is 75.0 cm³/mol. The minimum Gasteiger partial charge on any atom is -0.394 e. The number of nitrogens with one attached hydrogen (secondary N) is 1. The molecule has 5 heteroatoms. The molecule has 1 saturated heterocycles. The first-order valence-corrected chi connectivity index (χ1v) is 6.86. The number of nitriles is 1. The maximum Gasteiger partial charge on any atom is 0.318 e. The molecular formula is C15H19N3O2. The lowest BCUT2D eigenvalue weighted by Gasteiger charge is -2.51. The Hall–Kier alpha value is -2.06. The van der Waals surface area contributed by atoms with Gasteiger partial charge in [-0.05, 0) is 12.0 Å². The van der Waals surface area contributed by atoms with E-state index in [2.05, 4.69) is 11.4 Å². The zero-order valence-electron chi connectivity index (χ0n) is 11.5. The summed E-state index contributed by atoms with van der Waals surface area (Å²) < 4.78 is 0. The number of hydrogen-bond acceptors (Lipinski definition) is 3. The van der Waals surface area contributed by atoms with Crippen molar-refractivity contribution in [2.45, 2.75) is 31.3 Å². The van der Waals surface area contributed by atoms with Crippen molar-refractivity contribution < 1.29 is 9.90 Å². The molecular weight excluding hydrogens is 254 g/mol. The van der Waals surface area contributed by atoms with Gasteiger partial charge in [-0.2, -0.15) is 5.26 Å². The molecule has 2 rings (SSSR count). The summed E-state index contributed by atoms with van der Waals surface area (Å²) in [6.07, 6.45) is 0.836. The number of aliphatic hydroxyl groups excluding tert-OH is 1. The number of aliphatic hydroxyl groups is 1. The van der Waals surface area contributed by atoms with Crippen molar-refractivity contribution in [2.75, 3.05) is 13.2 Å². The van der Waals surface area contributed by atoms with Gasteiger partial charge in [0.25, 0.3) is 0 Å². The summed E-state index contributed by atoms with van der Waals surface area (Å²) in [7, 11) is 0. The van der Waals surface area contributed by atoms with E-state index in [0.29, 0.717) is 6.54 Å². The Labute approximate surface area is 118 Å². The monoisotopic (exact) mass is 273 g/mol. The predicted octanol–water partition coefficient (Wildman–Crippen LogP) is 1.46. The Morgan fingerprint density at radius 3 is 2.70 bits per heavy atom. The number of carbonyl (C=O) groups excluding carboxylic acids is 1. The highest BCUT2D eigenvalue weighted by molar-refractivity contribution is 5.77. The van der Waals surface area contributed by atoms with E-state index in [9.17, 15) is 15.2 Å². The lowest BCUT2D eigenvalue weighted by atomic mass is 9.76. The number of hydrogen-bond donors (Lipinski definition) is 2. The van der Waals surface area contributed by atoms with Gasteiger partial charge in [-0.25, -0.2) is 4.79 Å². The molecule has 106 valence electrons. The highest BCUT2D eigenvalue weighted by Gasteiger charge is 2.51. The smallest absolute Gasteiger partial charge is 0.318 e. The summed E-state index contributed by atoms with van der Waals surface area (Å²) in [4.78, 5) is 13.5. The quantitative estimate of drug-likeness (QED) is 0.872. The van der Waals surface area contributed by atoms with Crippen LogP contribution in [-0.2, 0) is 0 Å². The number of nitrogens with zero attached hydrogens (tertiary/aromatic N) is 2. The van der Waals surface area contributed by atoms with Crippen LogP contribution in [0.25, 0.3) is 0 Å². The van der Waals surface area contributed by atoms with E-state index in [-0.39, 0.29) is 24.6 Å². The van der Waals surface area contributed by atoms with Crippen molar-refractivity contribution in [2.24, 2.45) is 0 Å². The van der Waals surface area contributed by atoms with Crippen molar-refractivity contribution >= 4 is 6.03 Å². The Morgan fingerprint density at radius 2 is 2.15 bits per heavy atom. The van der Waals surface area contributed by atoms with Gasteiger partial charge in [0.15, 0.2) is 0 Å². The van der Waals surface area contributed by atoms with Crippen molar-refractivity contribution in [3.63, 3.8) is 0 Å². The molecule has 1 aliphatic rings. The molecule has 2 amide bonds. The number of urea groups is 1. The summed E-state index contributed by atoms with van der Waals surface area (Å²) in [5.74, 6) is -0.126. The maximum absolute atomic E-state index is 12.1. The fraction of sp³-hybridized carbons (Fsp3) is 0.467. The third kappa shape index (κ3) is 2.47. The van der Waals surface area contributed by atoms with Gasteiger partial charge in [0.2, 0.25) is 0 Å². The van der Waals surface area contributed by atoms with Gasteiger partial charge < -0.3 is 15.3 Å². The van der Waals surface area contributed by atoms with E-state index in [4.69, 9.17) is 0 Å². The zero-order valence-corrected chi connectivity index (χ0v) is 11.5. The van der Waals surface area contributed by atoms with Crippen LogP contribution in [0.1, 0.15) is 24.8 Å². The van der Waals surface area contributed by atoms with Crippen LogP contribution >= 0.6 is 0 Å². The van der Waals surface area contributed by atoms with Crippen molar-refractivity contribution in [1.29, 1.82) is 5.26 Å². The molecule has 2 N–H and O–H groups in total. The van der Waals surface area contributed by atoms with Gasteiger partial charge in [-0.1, -0.05) is 37.3 Å². The van der Waals surface area contributed by atoms with E-state index in [0.717, 1.165) is 12.0 Å². The zero-order chi connectivity index (χ0) is 14.5. The van der Waals surface area contributed by atoms with Gasteiger partial charge in [-0.3, -0.25) is 0 Å². The summed E-state index contributed by atoms with van der Waals surface area (Å²) in [5, 5.41) is 21.6. The van der Waals surface area contributed by atoms with Gasteiger partial charge in [0.1, 0.15) is 6.04 Å². The van der Waals surface area contributed by atoms with E-state index < -0.39 is 6.04 Å². The number of amides is 2. The fourth-order valence-corrected chi connectivity index (χ4v) is 2.69. The van der Waals surface area contributed by atoms with Crippen LogP contribution in [0.3, 0.4) is 0 Å². The first-order valence-electron chi connectivity index (χ1n) is 6.86. The molecule has 1 aromatic rings. The number of likely N-dealkylation sites (tertiary alicyclic amines) is 1. The van der Waals surface area contributed by atoms with Crippen molar-refractivity contribution in [3.8, 4) is 6.07 Å². The second-order valence-electron chi connectivity index (χ2n) is 4.90. The third-order valence-electron chi connectivity index (χ3n) is 3.68. The molecule has 1 heterocycles. The number of carbonyl (C=O) groups is 1. The third-order valence-corrected chi connectivity index (χ3v) is 3.68. The lowest BCUT2D eigenvalue weighted by Crippen LogP contribution is -2.67. The Morgan fingerprint density at radius 1 is 1.45 bits per heavy atom. The van der Waals surface area contributed by atoms with Gasteiger partial charge in [-0.15, -0.1) is 0 Å². The topological polar surface area (TPSA) is 76.4 Å². The molecule has 1 aromatic carbocycles. The normalized spacial score (nSPS) is 24.6. The van der Waals surface area contributed by atoms with Crippen LogP contribution in [0.4, 0.5) is 4.79 Å². The standard InChI is InChI=1S/C15H19N3O2/c1-2-8-17-15(20)18-12(9-16)14(13(18)10-19)11-6-4-3-5-7-11/h3-7,12-14,19H,2,8,10H2,1H3,(H,17,20)/t12-,13-,14-/m1/s1. The Bertz CT molecular complexity index is 498. The fourth-order valence-electron chi connectivity index (χ4n) is 2.69. The first-order chi connectivity index (χ1) is 9.74. The molecule has 0 aliphatic carbocycles. The van der Waals surface area contributed by atoms with Crippen LogP contribution in [0.5, 0.6) is 0 Å². The van der Waals surface area contributed by atoms with Crippen LogP contribution < -0.4 is 5.32 Å². The molecule has 5 nitrogen and oxygen atoms in total. The molecule has 0 bridgehead atoms. The van der Waals surface area contributed by atoms with Crippen LogP contribution in [-0.4, -0.2) is 41.3 Å². The van der Waals surface area contributed by atoms with Gasteiger partial charge >= 0.3 is 6.03 Å². The minimum atomic E-state index is -0.522. The second kappa shape index (κ2) is 6.40. The molecule has 0 aromatic heterocycles. The van der Waals surface area contributed by atoms with Gasteiger partial charge in [0.05, 0.1) is 18.7 Å². The highest BCUT2D eigenvalue weighted by Crippen LogP contribution is 2.40. The summed E-state index contributed by atoms with van der Waals surface area (Å²) in [5.41, 5.74) is 0.984. The molecule has 3 atom stereocenters. The summed E-state index contributed by atoms with van der Waals surface area (Å²) in [6.45, 7) is 2.40. The van der Waals surface area contributed by atoms with E-state index in [1.54, 1.807) is 0 Å². The average molecular weight is 273 g/mol. The minimum absolute atomic E-state index is 0.126. The first kappa shape index (κ1) is 14.4. The van der Waals surface area contributed by atoms with Gasteiger partial charge in [0, 0.05) is 12.5 Å². The molecule has 0 saturated carbocycles. The highest BCUT2D eigenvalue weighted by atomic mass is 16.3. The van der Waals surface area contributed by atoms with Crippen molar-refractivity contribution in [3.05, 3.63) is 35.9 Å². The summed E-state index contributed by atoms with van der Waals surface area (Å²) in [6, 6.07) is 10.6. The number of benzene rings is 1. The summed E-state index contributed by atoms with van der Waals surface area (Å²) >= 11 is 0. The number of rotatable bonds is 4. The SMILES string of the molecule is CCCNC(=O)N1[C@H](C#N)[C@@H](c2ccccc2)[C@H]1CO. The molecule has 1 aliphatic heterocycles.